The normalized spacial score (nSPS) is 21.1. The highest BCUT2D eigenvalue weighted by atomic mass is 16.3. The van der Waals surface area contributed by atoms with E-state index in [-0.39, 0.29) is 35.9 Å². The minimum Gasteiger partial charge on any atom is -0.507 e. The molecule has 4 atom stereocenters. The summed E-state index contributed by atoms with van der Waals surface area (Å²) in [4.78, 5) is 41.5. The van der Waals surface area contributed by atoms with Crippen LogP contribution < -0.4 is 26.5 Å². The third-order valence-corrected chi connectivity index (χ3v) is 11.6. The second-order valence-electron chi connectivity index (χ2n) is 15.3. The average molecular weight is 748 g/mol. The second kappa shape index (κ2) is 15.3. The van der Waals surface area contributed by atoms with Gasteiger partial charge < -0.3 is 36.0 Å². The molecule has 1 amide bonds. The number of fused-ring (bicyclic) bond motifs is 3. The summed E-state index contributed by atoms with van der Waals surface area (Å²) in [5, 5.41) is 31.9. The van der Waals surface area contributed by atoms with Crippen LogP contribution in [-0.4, -0.2) is 102 Å². The molecule has 3 saturated heterocycles. The summed E-state index contributed by atoms with van der Waals surface area (Å²) in [5.41, 5.74) is 12.1. The summed E-state index contributed by atoms with van der Waals surface area (Å²) >= 11 is 0. The Kier molecular flexibility index (Phi) is 10.1. The van der Waals surface area contributed by atoms with Crippen molar-refractivity contribution in [2.24, 2.45) is 7.05 Å². The fourth-order valence-corrected chi connectivity index (χ4v) is 8.65. The van der Waals surface area contributed by atoms with Crippen LogP contribution in [0.15, 0.2) is 65.7 Å². The molecule has 3 aromatic heterocycles. The topological polar surface area (TPSA) is 184 Å². The lowest BCUT2D eigenvalue weighted by Crippen LogP contribution is -2.54. The zero-order chi connectivity index (χ0) is 38.2. The van der Waals surface area contributed by atoms with Crippen molar-refractivity contribution in [3.63, 3.8) is 0 Å². The first-order valence-corrected chi connectivity index (χ1v) is 19.3. The average Bonchev–Trinajstić information content (AvgIpc) is 3.58. The first-order chi connectivity index (χ1) is 26.6. The van der Waals surface area contributed by atoms with Gasteiger partial charge in [-0.15, -0.1) is 10.2 Å². The third kappa shape index (κ3) is 7.33. The lowest BCUT2D eigenvalue weighted by molar-refractivity contribution is -0.128. The Labute approximate surface area is 319 Å². The number of hydrogen-bond donors (Lipinski definition) is 4. The molecule has 0 saturated carbocycles. The third-order valence-electron chi connectivity index (χ3n) is 11.6. The molecule has 3 fully saturated rings. The summed E-state index contributed by atoms with van der Waals surface area (Å²) in [6.07, 6.45) is 9.45. The number of nitrogens with one attached hydrogen (secondary N) is 1. The number of hydrogen-bond acceptors (Lipinski definition) is 12. The van der Waals surface area contributed by atoms with Crippen LogP contribution in [0.4, 0.5) is 17.5 Å². The van der Waals surface area contributed by atoms with Crippen molar-refractivity contribution in [2.75, 3.05) is 48.8 Å². The van der Waals surface area contributed by atoms with Crippen molar-refractivity contribution in [3.05, 3.63) is 82.5 Å². The van der Waals surface area contributed by atoms with Crippen molar-refractivity contribution in [1.29, 1.82) is 0 Å². The number of imidazole rings is 1. The number of piperidine rings is 1. The molecule has 5 aromatic rings. The molecular weight excluding hydrogens is 699 g/mol. The van der Waals surface area contributed by atoms with Gasteiger partial charge in [-0.1, -0.05) is 18.2 Å². The number of carbonyl (C=O) groups excluding carboxylic acids is 1. The molecule has 288 valence electrons. The van der Waals surface area contributed by atoms with E-state index in [1.54, 1.807) is 28.3 Å². The monoisotopic (exact) mass is 747 g/mol. The number of phenols is 1. The van der Waals surface area contributed by atoms with Crippen LogP contribution in [-0.2, 0) is 24.7 Å². The molecule has 0 aliphatic carbocycles. The van der Waals surface area contributed by atoms with Gasteiger partial charge in [-0.25, -0.2) is 14.8 Å². The fourth-order valence-electron chi connectivity index (χ4n) is 8.65. The van der Waals surface area contributed by atoms with Crippen LogP contribution in [0.1, 0.15) is 55.7 Å². The maximum absolute atomic E-state index is 13.1. The Morgan fingerprint density at radius 2 is 1.62 bits per heavy atom. The number of aliphatic hydroxyl groups excluding tert-OH is 1. The first-order valence-electron chi connectivity index (χ1n) is 19.3. The molecule has 2 bridgehead atoms. The number of anilines is 3. The number of rotatable bonds is 12. The van der Waals surface area contributed by atoms with E-state index >= 15 is 0 Å². The highest BCUT2D eigenvalue weighted by Crippen LogP contribution is 2.38. The number of para-hydroxylation sites is 1. The van der Waals surface area contributed by atoms with Gasteiger partial charge in [-0.05, 0) is 107 Å². The second-order valence-corrected chi connectivity index (χ2v) is 15.3. The van der Waals surface area contributed by atoms with E-state index in [0.29, 0.717) is 23.5 Å². The number of benzene rings is 2. The quantitative estimate of drug-likeness (QED) is 0.147. The van der Waals surface area contributed by atoms with Gasteiger partial charge in [0.1, 0.15) is 12.0 Å². The predicted molar refractivity (Wildman–Crippen MR) is 211 cm³/mol. The van der Waals surface area contributed by atoms with E-state index in [1.165, 1.54) is 0 Å². The van der Waals surface area contributed by atoms with Gasteiger partial charge in [0.15, 0.2) is 5.82 Å². The van der Waals surface area contributed by atoms with Gasteiger partial charge in [0.05, 0.1) is 28.5 Å². The number of aromatic hydroxyl groups is 1. The lowest BCUT2D eigenvalue weighted by atomic mass is 10.0. The largest absolute Gasteiger partial charge is 0.507 e. The molecule has 0 radical (unpaired) electrons. The SMILES string of the molecule is CN(CCCc1cnc(N2C3CCC2CN(c2cc(-c4ccccc4O)nnc2N)C3)nc1)CCCc1ccc2c(c1)n(C)c(=O)n2C1CCC(=O)NC1O. The van der Waals surface area contributed by atoms with Gasteiger partial charge in [0.2, 0.25) is 11.9 Å². The number of aromatic nitrogens is 6. The summed E-state index contributed by atoms with van der Waals surface area (Å²) in [7, 11) is 3.91. The molecule has 3 aliphatic rings. The molecule has 2 aromatic carbocycles. The van der Waals surface area contributed by atoms with E-state index in [0.717, 1.165) is 98.5 Å². The van der Waals surface area contributed by atoms with Crippen LogP contribution in [0, 0.1) is 0 Å². The molecule has 6 heterocycles. The number of piperazine rings is 1. The Bertz CT molecular complexity index is 2220. The van der Waals surface area contributed by atoms with Gasteiger partial charge in [-0.3, -0.25) is 13.9 Å². The van der Waals surface area contributed by atoms with E-state index in [4.69, 9.17) is 15.7 Å². The number of nitrogen functional groups attached to an aromatic ring is 1. The molecule has 8 rings (SSSR count). The Morgan fingerprint density at radius 3 is 2.33 bits per heavy atom. The number of phenolic OH excluding ortho intramolecular Hbond substituents is 1. The molecule has 4 unspecified atom stereocenters. The Morgan fingerprint density at radius 1 is 0.909 bits per heavy atom. The number of aliphatic hydroxyl groups is 1. The number of nitrogens with two attached hydrogens (primary N) is 1. The summed E-state index contributed by atoms with van der Waals surface area (Å²) < 4.78 is 3.25. The van der Waals surface area contributed by atoms with Crippen LogP contribution in [0.25, 0.3) is 22.3 Å². The van der Waals surface area contributed by atoms with E-state index < -0.39 is 12.3 Å². The zero-order valence-electron chi connectivity index (χ0n) is 31.4. The number of nitrogens with zero attached hydrogens (tertiary/aromatic N) is 9. The Balaban J connectivity index is 0.811. The van der Waals surface area contributed by atoms with Crippen molar-refractivity contribution in [3.8, 4) is 17.0 Å². The van der Waals surface area contributed by atoms with Crippen molar-refractivity contribution in [1.82, 2.24) is 39.5 Å². The van der Waals surface area contributed by atoms with Gasteiger partial charge in [-0.2, -0.15) is 0 Å². The molecule has 0 spiro atoms. The first kappa shape index (κ1) is 36.4. The minimum absolute atomic E-state index is 0.160. The molecule has 15 heteroatoms. The van der Waals surface area contributed by atoms with Crippen LogP contribution in [0.5, 0.6) is 5.75 Å². The number of carbonyl (C=O) groups is 1. The van der Waals surface area contributed by atoms with E-state index in [1.807, 2.05) is 36.7 Å². The molecule has 15 nitrogen and oxygen atoms in total. The summed E-state index contributed by atoms with van der Waals surface area (Å²) in [6, 6.07) is 15.2. The Hall–Kier alpha value is -5.54. The standard InChI is InChI=1S/C40H49N11O4/c1-47(17-5-7-25-11-14-31-33(19-25)48(2)40(55)51(31)32-15-16-36(53)44-38(32)54)18-6-8-26-21-42-39(43-22-26)50-27-12-13-28(50)24-49(23-27)34-20-30(45-46-37(34)41)29-9-3-4-10-35(29)52/h3-4,9-11,14,19-22,27-28,32,38,52,54H,5-8,12-13,15-18,23-24H2,1-2H3,(H2,41,46)(H,44,53). The lowest BCUT2D eigenvalue weighted by Gasteiger charge is -2.42. The van der Waals surface area contributed by atoms with Gasteiger partial charge in [0, 0.05) is 56.6 Å². The molecule has 55 heavy (non-hydrogen) atoms. The molecule has 5 N–H and O–H groups in total. The van der Waals surface area contributed by atoms with Crippen LogP contribution in [0.3, 0.4) is 0 Å². The predicted octanol–water partition coefficient (Wildman–Crippen LogP) is 3.00. The fraction of sp³-hybridized carbons (Fsp3) is 0.450. The minimum atomic E-state index is -1.08. The van der Waals surface area contributed by atoms with Gasteiger partial charge >= 0.3 is 5.69 Å². The number of amides is 1. The highest BCUT2D eigenvalue weighted by molar-refractivity contribution is 5.79. The maximum Gasteiger partial charge on any atom is 0.329 e. The van der Waals surface area contributed by atoms with Crippen LogP contribution in [0.2, 0.25) is 0 Å². The molecule has 3 aliphatic heterocycles. The van der Waals surface area contributed by atoms with E-state index in [9.17, 15) is 19.8 Å². The number of aryl methyl sites for hydroxylation is 3. The highest BCUT2D eigenvalue weighted by Gasteiger charge is 2.42. The summed E-state index contributed by atoms with van der Waals surface area (Å²) in [6.45, 7) is 3.47. The van der Waals surface area contributed by atoms with Gasteiger partial charge in [0.25, 0.3) is 0 Å². The van der Waals surface area contributed by atoms with Crippen molar-refractivity contribution < 1.29 is 15.0 Å². The molecular formula is C40H49N11O4. The van der Waals surface area contributed by atoms with Crippen molar-refractivity contribution >= 4 is 34.4 Å². The van der Waals surface area contributed by atoms with E-state index in [2.05, 4.69) is 49.4 Å². The summed E-state index contributed by atoms with van der Waals surface area (Å²) in [5.74, 6) is 1.12. The van der Waals surface area contributed by atoms with Crippen molar-refractivity contribution in [2.45, 2.75) is 75.7 Å². The maximum atomic E-state index is 13.1. The zero-order valence-corrected chi connectivity index (χ0v) is 31.4. The van der Waals surface area contributed by atoms with Crippen LogP contribution >= 0.6 is 0 Å². The smallest absolute Gasteiger partial charge is 0.329 e.